The number of ether oxygens (including phenoxy) is 1. The molecule has 13 heavy (non-hydrogen) atoms. The quantitative estimate of drug-likeness (QED) is 0.743. The van der Waals surface area contributed by atoms with E-state index in [9.17, 15) is 4.79 Å². The molecule has 0 rings (SSSR count). The van der Waals surface area contributed by atoms with E-state index < -0.39 is 11.7 Å². The topological polar surface area (TPSA) is 64.3 Å². The van der Waals surface area contributed by atoms with Gasteiger partial charge >= 0.3 is 6.09 Å². The molecule has 1 amide bonds. The first kappa shape index (κ1) is 12.7. The molecule has 0 aliphatic rings. The maximum Gasteiger partial charge on any atom is 0.407 e. The average molecular weight is 253 g/mol. The molecule has 0 heterocycles. The van der Waals surface area contributed by atoms with Crippen LogP contribution >= 0.6 is 15.9 Å². The Kier molecular flexibility index (Phi) is 5.32. The van der Waals surface area contributed by atoms with Gasteiger partial charge in [0.2, 0.25) is 0 Å². The van der Waals surface area contributed by atoms with Crippen LogP contribution in [0, 0.1) is 0 Å². The van der Waals surface area contributed by atoms with Crippen molar-refractivity contribution in [2.45, 2.75) is 32.4 Å². The molecule has 0 radical (unpaired) electrons. The van der Waals surface area contributed by atoms with Crippen LogP contribution in [0.4, 0.5) is 4.79 Å². The van der Waals surface area contributed by atoms with Gasteiger partial charge in [-0.05, 0) is 20.8 Å². The van der Waals surface area contributed by atoms with Crippen molar-refractivity contribution in [2.75, 3.05) is 11.9 Å². The third-order valence-electron chi connectivity index (χ3n) is 1.11. The standard InChI is InChI=1S/C8H17BrN2O2/c1-8(2,3)13-7(12)11-5-6(10)4-9/h6H,4-5,10H2,1-3H3,(H,11,12)/t6-/m0/s1. The summed E-state index contributed by atoms with van der Waals surface area (Å²) < 4.78 is 5.01. The van der Waals surface area contributed by atoms with E-state index >= 15 is 0 Å². The van der Waals surface area contributed by atoms with Crippen molar-refractivity contribution in [3.8, 4) is 0 Å². The molecule has 3 N–H and O–H groups in total. The van der Waals surface area contributed by atoms with E-state index in [2.05, 4.69) is 21.2 Å². The van der Waals surface area contributed by atoms with Crippen molar-refractivity contribution >= 4 is 22.0 Å². The molecule has 0 unspecified atom stereocenters. The molecule has 5 heteroatoms. The molecule has 0 aromatic heterocycles. The van der Waals surface area contributed by atoms with Crippen LogP contribution in [0.2, 0.25) is 0 Å². The van der Waals surface area contributed by atoms with Crippen LogP contribution < -0.4 is 11.1 Å². The Hall–Kier alpha value is -0.290. The molecule has 0 fully saturated rings. The van der Waals surface area contributed by atoms with E-state index in [1.807, 2.05) is 20.8 Å². The lowest BCUT2D eigenvalue weighted by molar-refractivity contribution is 0.0525. The van der Waals surface area contributed by atoms with E-state index in [4.69, 9.17) is 10.5 Å². The summed E-state index contributed by atoms with van der Waals surface area (Å²) in [4.78, 5) is 11.1. The number of halogens is 1. The summed E-state index contributed by atoms with van der Waals surface area (Å²) in [6.07, 6.45) is -0.427. The Morgan fingerprint density at radius 3 is 2.54 bits per heavy atom. The van der Waals surface area contributed by atoms with Crippen molar-refractivity contribution in [1.82, 2.24) is 5.32 Å². The smallest absolute Gasteiger partial charge is 0.407 e. The van der Waals surface area contributed by atoms with Gasteiger partial charge in [-0.3, -0.25) is 0 Å². The fourth-order valence-electron chi connectivity index (χ4n) is 0.583. The minimum Gasteiger partial charge on any atom is -0.444 e. The van der Waals surface area contributed by atoms with Gasteiger partial charge in [-0.15, -0.1) is 0 Å². The Morgan fingerprint density at radius 2 is 2.15 bits per heavy atom. The predicted octanol–water partition coefficient (Wildman–Crippen LogP) is 1.23. The summed E-state index contributed by atoms with van der Waals surface area (Å²) in [7, 11) is 0. The number of hydrogen-bond donors (Lipinski definition) is 2. The largest absolute Gasteiger partial charge is 0.444 e. The summed E-state index contributed by atoms with van der Waals surface area (Å²) in [5, 5.41) is 3.23. The van der Waals surface area contributed by atoms with E-state index in [1.54, 1.807) is 0 Å². The Labute approximate surface area is 87.3 Å². The lowest BCUT2D eigenvalue weighted by Gasteiger charge is -2.20. The van der Waals surface area contributed by atoms with Crippen LogP contribution in [0.25, 0.3) is 0 Å². The van der Waals surface area contributed by atoms with Crippen LogP contribution in [0.15, 0.2) is 0 Å². The first-order valence-electron chi connectivity index (χ1n) is 4.13. The lowest BCUT2D eigenvalue weighted by Crippen LogP contribution is -2.40. The number of alkyl carbamates (subject to hydrolysis) is 1. The zero-order valence-electron chi connectivity index (χ0n) is 8.26. The minimum absolute atomic E-state index is 0.0764. The SMILES string of the molecule is CC(C)(C)OC(=O)NC[C@@H](N)CBr. The highest BCUT2D eigenvalue weighted by molar-refractivity contribution is 9.09. The third-order valence-corrected chi connectivity index (χ3v) is 1.94. The molecule has 4 nitrogen and oxygen atoms in total. The Morgan fingerprint density at radius 1 is 1.62 bits per heavy atom. The van der Waals surface area contributed by atoms with Gasteiger partial charge in [0.25, 0.3) is 0 Å². The van der Waals surface area contributed by atoms with Gasteiger partial charge in [0.1, 0.15) is 5.60 Å². The summed E-state index contributed by atoms with van der Waals surface area (Å²) in [6.45, 7) is 5.87. The van der Waals surface area contributed by atoms with Gasteiger partial charge in [-0.25, -0.2) is 4.79 Å². The molecular formula is C8H17BrN2O2. The van der Waals surface area contributed by atoms with Gasteiger partial charge in [-0.2, -0.15) is 0 Å². The zero-order chi connectivity index (χ0) is 10.5. The predicted molar refractivity (Wildman–Crippen MR) is 56.0 cm³/mol. The Balaban J connectivity index is 3.64. The van der Waals surface area contributed by atoms with Crippen molar-refractivity contribution < 1.29 is 9.53 Å². The fourth-order valence-corrected chi connectivity index (χ4v) is 0.812. The van der Waals surface area contributed by atoms with Crippen LogP contribution in [0.5, 0.6) is 0 Å². The summed E-state index contributed by atoms with van der Waals surface area (Å²) >= 11 is 3.21. The number of amides is 1. The van der Waals surface area contributed by atoms with Crippen molar-refractivity contribution in [2.24, 2.45) is 5.73 Å². The Bertz CT molecular complexity index is 168. The van der Waals surface area contributed by atoms with Crippen molar-refractivity contribution in [1.29, 1.82) is 0 Å². The first-order chi connectivity index (χ1) is 5.85. The zero-order valence-corrected chi connectivity index (χ0v) is 9.85. The first-order valence-corrected chi connectivity index (χ1v) is 5.25. The van der Waals surface area contributed by atoms with E-state index in [-0.39, 0.29) is 6.04 Å². The molecule has 0 aromatic rings. The number of nitrogens with two attached hydrogens (primary N) is 1. The maximum absolute atomic E-state index is 11.1. The number of carbonyl (C=O) groups excluding carboxylic acids is 1. The summed E-state index contributed by atoms with van der Waals surface area (Å²) in [5.41, 5.74) is 5.11. The van der Waals surface area contributed by atoms with Gasteiger partial charge in [0.05, 0.1) is 0 Å². The van der Waals surface area contributed by atoms with Gasteiger partial charge in [0, 0.05) is 17.9 Å². The molecule has 0 aliphatic heterocycles. The molecule has 0 aliphatic carbocycles. The highest BCUT2D eigenvalue weighted by Crippen LogP contribution is 2.06. The van der Waals surface area contributed by atoms with E-state index in [1.165, 1.54) is 0 Å². The molecular weight excluding hydrogens is 236 g/mol. The van der Waals surface area contributed by atoms with E-state index in [0.29, 0.717) is 11.9 Å². The molecule has 1 atom stereocenters. The lowest BCUT2D eigenvalue weighted by atomic mass is 10.2. The van der Waals surface area contributed by atoms with Crippen LogP contribution in [0.3, 0.4) is 0 Å². The maximum atomic E-state index is 11.1. The molecule has 0 bridgehead atoms. The monoisotopic (exact) mass is 252 g/mol. The normalized spacial score (nSPS) is 13.6. The number of nitrogens with one attached hydrogen (secondary N) is 1. The van der Waals surface area contributed by atoms with Gasteiger partial charge in [-0.1, -0.05) is 15.9 Å². The fraction of sp³-hybridized carbons (Fsp3) is 0.875. The van der Waals surface area contributed by atoms with Crippen molar-refractivity contribution in [3.63, 3.8) is 0 Å². The highest BCUT2D eigenvalue weighted by atomic mass is 79.9. The van der Waals surface area contributed by atoms with Gasteiger partial charge in [0.15, 0.2) is 0 Å². The van der Waals surface area contributed by atoms with Crippen LogP contribution in [-0.4, -0.2) is 29.6 Å². The molecule has 0 spiro atoms. The average Bonchev–Trinajstić information content (AvgIpc) is 1.97. The summed E-state index contributed by atoms with van der Waals surface area (Å²) in [5.74, 6) is 0. The van der Waals surface area contributed by atoms with Crippen molar-refractivity contribution in [3.05, 3.63) is 0 Å². The molecule has 0 saturated carbocycles. The minimum atomic E-state index is -0.456. The molecule has 0 aromatic carbocycles. The number of alkyl halides is 1. The van der Waals surface area contributed by atoms with E-state index in [0.717, 1.165) is 0 Å². The second-order valence-corrected chi connectivity index (χ2v) is 4.44. The number of carbonyl (C=O) groups is 1. The third kappa shape index (κ3) is 8.05. The summed E-state index contributed by atoms with van der Waals surface area (Å²) in [6, 6.07) is -0.0764. The molecule has 78 valence electrons. The number of rotatable bonds is 3. The van der Waals surface area contributed by atoms with Crippen LogP contribution in [-0.2, 0) is 4.74 Å². The highest BCUT2D eigenvalue weighted by Gasteiger charge is 2.16. The molecule has 0 saturated heterocycles. The second-order valence-electron chi connectivity index (χ2n) is 3.80. The van der Waals surface area contributed by atoms with Crippen LogP contribution in [0.1, 0.15) is 20.8 Å². The number of hydrogen-bond acceptors (Lipinski definition) is 3. The second kappa shape index (κ2) is 5.44. The van der Waals surface area contributed by atoms with Gasteiger partial charge < -0.3 is 15.8 Å².